The summed E-state index contributed by atoms with van der Waals surface area (Å²) in [6.45, 7) is 16.0. The minimum atomic E-state index is -0.574. The number of carbonyl (C=O) groups excluding carboxylic acids is 3. The second-order valence-electron chi connectivity index (χ2n) is 12.0. The smallest absolute Gasteiger partial charge is 0.245 e. The average molecular weight is 537 g/mol. The zero-order valence-corrected chi connectivity index (χ0v) is 23.9. The normalized spacial score (nSPS) is 23.9. The fourth-order valence-corrected chi connectivity index (χ4v) is 5.74. The van der Waals surface area contributed by atoms with Crippen molar-refractivity contribution in [2.45, 2.75) is 78.4 Å². The third kappa shape index (κ3) is 7.02. The molecule has 0 aliphatic carbocycles. The lowest BCUT2D eigenvalue weighted by Crippen LogP contribution is -2.60. The summed E-state index contributed by atoms with van der Waals surface area (Å²) in [5, 5.41) is 3.13. The number of nitrogens with one attached hydrogen (secondary N) is 1. The summed E-state index contributed by atoms with van der Waals surface area (Å²) in [4.78, 5) is 44.7. The van der Waals surface area contributed by atoms with Gasteiger partial charge in [-0.1, -0.05) is 31.5 Å². The molecule has 2 unspecified atom stereocenters. The molecule has 0 radical (unpaired) electrons. The van der Waals surface area contributed by atoms with Gasteiger partial charge < -0.3 is 15.1 Å². The summed E-state index contributed by atoms with van der Waals surface area (Å²) >= 11 is 6.00. The summed E-state index contributed by atoms with van der Waals surface area (Å²) < 4.78 is 15.0. The van der Waals surface area contributed by atoms with Gasteiger partial charge in [-0.15, -0.1) is 0 Å². The van der Waals surface area contributed by atoms with Gasteiger partial charge in [-0.05, 0) is 57.7 Å². The van der Waals surface area contributed by atoms with Gasteiger partial charge in [0.15, 0.2) is 0 Å². The zero-order valence-electron chi connectivity index (χ0n) is 23.2. The Bertz CT molecular complexity index is 1010. The summed E-state index contributed by atoms with van der Waals surface area (Å²) in [7, 11) is 0. The molecule has 2 aliphatic heterocycles. The SMILES string of the molecule is CC(=O)N[C@@H](CC(C)C)C(=O)N1CCN(C(=O)C2CN(C(C)(C)C)CC2c2ccc(Cl)cc2F)C[C@H]1C. The lowest BCUT2D eigenvalue weighted by molar-refractivity contribution is -0.146. The van der Waals surface area contributed by atoms with E-state index in [1.54, 1.807) is 17.0 Å². The molecule has 4 atom stereocenters. The third-order valence-corrected chi connectivity index (χ3v) is 7.79. The van der Waals surface area contributed by atoms with Crippen LogP contribution in [-0.2, 0) is 14.4 Å². The number of likely N-dealkylation sites (tertiary alicyclic amines) is 1. The molecule has 0 saturated carbocycles. The number of piperazine rings is 1. The Kier molecular flexibility index (Phi) is 9.27. The molecule has 7 nitrogen and oxygen atoms in total. The molecule has 0 aromatic heterocycles. The lowest BCUT2D eigenvalue weighted by atomic mass is 9.87. The highest BCUT2D eigenvalue weighted by Gasteiger charge is 2.45. The van der Waals surface area contributed by atoms with Gasteiger partial charge in [0, 0.05) is 62.2 Å². The summed E-state index contributed by atoms with van der Waals surface area (Å²) in [6.07, 6.45) is 0.559. The van der Waals surface area contributed by atoms with Crippen molar-refractivity contribution in [3.05, 3.63) is 34.6 Å². The zero-order chi connectivity index (χ0) is 27.7. The van der Waals surface area contributed by atoms with Crippen LogP contribution < -0.4 is 5.32 Å². The topological polar surface area (TPSA) is 73.0 Å². The maximum Gasteiger partial charge on any atom is 0.245 e. The minimum Gasteiger partial charge on any atom is -0.345 e. The molecule has 1 N–H and O–H groups in total. The van der Waals surface area contributed by atoms with Gasteiger partial charge in [0.1, 0.15) is 11.9 Å². The monoisotopic (exact) mass is 536 g/mol. The van der Waals surface area contributed by atoms with E-state index in [9.17, 15) is 18.8 Å². The van der Waals surface area contributed by atoms with E-state index in [-0.39, 0.29) is 47.0 Å². The Morgan fingerprint density at radius 1 is 1.14 bits per heavy atom. The first-order chi connectivity index (χ1) is 17.2. The van der Waals surface area contributed by atoms with Gasteiger partial charge in [-0.25, -0.2) is 4.39 Å². The van der Waals surface area contributed by atoms with Crippen molar-refractivity contribution in [2.75, 3.05) is 32.7 Å². The number of halogens is 2. The van der Waals surface area contributed by atoms with Crippen LogP contribution in [0.3, 0.4) is 0 Å². The standard InChI is InChI=1S/C28H42ClFN4O3/c1-17(2)12-25(31-19(4)35)27(37)34-11-10-32(14-18(34)3)26(36)23-16-33(28(5,6)7)15-22(23)21-9-8-20(29)13-24(21)30/h8-9,13,17-18,22-23,25H,10-12,14-16H2,1-7H3,(H,31,35)/t18-,22?,23?,25+/m1/s1. The molecule has 0 bridgehead atoms. The summed E-state index contributed by atoms with van der Waals surface area (Å²) in [5.74, 6) is -1.16. The Hall–Kier alpha value is -2.19. The summed E-state index contributed by atoms with van der Waals surface area (Å²) in [5.41, 5.74) is 0.354. The van der Waals surface area contributed by atoms with Gasteiger partial charge in [0.2, 0.25) is 17.7 Å². The largest absolute Gasteiger partial charge is 0.345 e. The second-order valence-corrected chi connectivity index (χ2v) is 12.4. The highest BCUT2D eigenvalue weighted by atomic mass is 35.5. The number of rotatable bonds is 6. The quantitative estimate of drug-likeness (QED) is 0.598. The number of hydrogen-bond donors (Lipinski definition) is 1. The van der Waals surface area contributed by atoms with E-state index in [1.165, 1.54) is 13.0 Å². The molecule has 2 saturated heterocycles. The lowest BCUT2D eigenvalue weighted by Gasteiger charge is -2.42. The molecule has 206 valence electrons. The van der Waals surface area contributed by atoms with Gasteiger partial charge >= 0.3 is 0 Å². The Balaban J connectivity index is 1.77. The number of hydrogen-bond acceptors (Lipinski definition) is 4. The van der Waals surface area contributed by atoms with Gasteiger partial charge in [0.05, 0.1) is 5.92 Å². The molecule has 2 aliphatic rings. The Morgan fingerprint density at radius 3 is 2.35 bits per heavy atom. The van der Waals surface area contributed by atoms with E-state index in [2.05, 4.69) is 31.0 Å². The van der Waals surface area contributed by atoms with Crippen molar-refractivity contribution in [3.8, 4) is 0 Å². The Morgan fingerprint density at radius 2 is 1.81 bits per heavy atom. The minimum absolute atomic E-state index is 0.00867. The third-order valence-electron chi connectivity index (χ3n) is 7.55. The fourth-order valence-electron chi connectivity index (χ4n) is 5.58. The van der Waals surface area contributed by atoms with Crippen molar-refractivity contribution in [1.29, 1.82) is 0 Å². The number of benzene rings is 1. The highest BCUT2D eigenvalue weighted by Crippen LogP contribution is 2.39. The van der Waals surface area contributed by atoms with Crippen molar-refractivity contribution < 1.29 is 18.8 Å². The number of amides is 3. The first-order valence-corrected chi connectivity index (χ1v) is 13.6. The first-order valence-electron chi connectivity index (χ1n) is 13.2. The Labute approximate surface area is 225 Å². The van der Waals surface area contributed by atoms with Gasteiger partial charge in [-0.2, -0.15) is 0 Å². The maximum absolute atomic E-state index is 15.0. The predicted octanol–water partition coefficient (Wildman–Crippen LogP) is 3.90. The molecule has 0 spiro atoms. The van der Waals surface area contributed by atoms with Crippen molar-refractivity contribution in [3.63, 3.8) is 0 Å². The molecule has 2 fully saturated rings. The molecular formula is C28H42ClFN4O3. The van der Waals surface area contributed by atoms with Crippen LogP contribution in [0, 0.1) is 17.7 Å². The highest BCUT2D eigenvalue weighted by molar-refractivity contribution is 6.30. The van der Waals surface area contributed by atoms with E-state index < -0.39 is 12.0 Å². The van der Waals surface area contributed by atoms with Crippen LogP contribution in [0.25, 0.3) is 0 Å². The molecule has 1 aromatic carbocycles. The second kappa shape index (κ2) is 11.7. The van der Waals surface area contributed by atoms with Crippen LogP contribution >= 0.6 is 11.6 Å². The van der Waals surface area contributed by atoms with Crippen LogP contribution in [0.5, 0.6) is 0 Å². The van der Waals surface area contributed by atoms with E-state index in [0.29, 0.717) is 49.7 Å². The fraction of sp³-hybridized carbons (Fsp3) is 0.679. The van der Waals surface area contributed by atoms with Crippen molar-refractivity contribution >= 4 is 29.3 Å². The molecule has 1 aromatic rings. The molecule has 3 amide bonds. The van der Waals surface area contributed by atoms with Crippen molar-refractivity contribution in [2.24, 2.45) is 11.8 Å². The van der Waals surface area contributed by atoms with Crippen LogP contribution in [0.2, 0.25) is 5.02 Å². The van der Waals surface area contributed by atoms with E-state index in [0.717, 1.165) is 0 Å². The van der Waals surface area contributed by atoms with E-state index in [1.807, 2.05) is 25.7 Å². The van der Waals surface area contributed by atoms with Crippen LogP contribution in [0.15, 0.2) is 18.2 Å². The molecule has 37 heavy (non-hydrogen) atoms. The average Bonchev–Trinajstić information content (AvgIpc) is 3.22. The van der Waals surface area contributed by atoms with Crippen molar-refractivity contribution in [1.82, 2.24) is 20.0 Å². The summed E-state index contributed by atoms with van der Waals surface area (Å²) in [6, 6.07) is 3.92. The molecule has 9 heteroatoms. The van der Waals surface area contributed by atoms with Crippen LogP contribution in [0.4, 0.5) is 4.39 Å². The number of nitrogens with zero attached hydrogens (tertiary/aromatic N) is 3. The maximum atomic E-state index is 15.0. The molecule has 2 heterocycles. The van der Waals surface area contributed by atoms with Gasteiger partial charge in [-0.3, -0.25) is 19.3 Å². The van der Waals surface area contributed by atoms with E-state index >= 15 is 0 Å². The first kappa shape index (κ1) is 29.4. The van der Waals surface area contributed by atoms with Crippen LogP contribution in [0.1, 0.15) is 66.4 Å². The predicted molar refractivity (Wildman–Crippen MR) is 144 cm³/mol. The van der Waals surface area contributed by atoms with Crippen LogP contribution in [-0.4, -0.2) is 82.8 Å². The molecule has 3 rings (SSSR count). The molecular weight excluding hydrogens is 495 g/mol. The van der Waals surface area contributed by atoms with Gasteiger partial charge in [0.25, 0.3) is 0 Å². The number of carbonyl (C=O) groups is 3. The van der Waals surface area contributed by atoms with E-state index in [4.69, 9.17) is 11.6 Å².